The van der Waals surface area contributed by atoms with Crippen molar-refractivity contribution < 1.29 is 10.2 Å². The summed E-state index contributed by atoms with van der Waals surface area (Å²) >= 11 is 0. The Morgan fingerprint density at radius 3 is 2.30 bits per heavy atom. The molecule has 0 spiro atoms. The molecular formula is C18H24O2. The minimum absolute atomic E-state index is 0.201. The highest BCUT2D eigenvalue weighted by atomic mass is 16.5. The van der Waals surface area contributed by atoms with Crippen molar-refractivity contribution in [1.82, 2.24) is 0 Å². The lowest BCUT2D eigenvalue weighted by Crippen LogP contribution is -2.41. The van der Waals surface area contributed by atoms with E-state index in [9.17, 15) is 10.2 Å². The zero-order valence-electron chi connectivity index (χ0n) is 12.3. The summed E-state index contributed by atoms with van der Waals surface area (Å²) in [7, 11) is 0. The van der Waals surface area contributed by atoms with Crippen LogP contribution in [0.1, 0.15) is 45.1 Å². The number of allylic oxidation sites excluding steroid dienone is 2. The molecule has 1 unspecified atom stereocenters. The Morgan fingerprint density at radius 2 is 1.70 bits per heavy atom. The Balaban J connectivity index is 2.42. The van der Waals surface area contributed by atoms with Crippen molar-refractivity contribution in [3.8, 4) is 0 Å². The smallest absolute Gasteiger partial charge is 0.197 e. The van der Waals surface area contributed by atoms with Crippen LogP contribution in [-0.4, -0.2) is 16.0 Å². The van der Waals surface area contributed by atoms with E-state index in [1.165, 1.54) is 0 Å². The SMILES string of the molecule is CCCC1=CC=C(c2ccccc2)C(O)(O)C1CCC. The van der Waals surface area contributed by atoms with E-state index in [2.05, 4.69) is 19.9 Å². The van der Waals surface area contributed by atoms with Gasteiger partial charge in [0, 0.05) is 11.5 Å². The summed E-state index contributed by atoms with van der Waals surface area (Å²) in [6.07, 6.45) is 7.63. The third kappa shape index (κ3) is 2.87. The molecule has 2 N–H and O–H groups in total. The second-order valence-corrected chi connectivity index (χ2v) is 5.51. The summed E-state index contributed by atoms with van der Waals surface area (Å²) in [4.78, 5) is 0. The fraction of sp³-hybridized carbons (Fsp3) is 0.444. The molecule has 0 heterocycles. The van der Waals surface area contributed by atoms with Gasteiger partial charge in [0.2, 0.25) is 0 Å². The van der Waals surface area contributed by atoms with Crippen molar-refractivity contribution in [3.63, 3.8) is 0 Å². The molecule has 1 aliphatic rings. The van der Waals surface area contributed by atoms with Gasteiger partial charge in [-0.25, -0.2) is 0 Å². The molecule has 0 saturated heterocycles. The lowest BCUT2D eigenvalue weighted by atomic mass is 9.75. The topological polar surface area (TPSA) is 40.5 Å². The quantitative estimate of drug-likeness (QED) is 0.798. The Morgan fingerprint density at radius 1 is 1.00 bits per heavy atom. The second kappa shape index (κ2) is 6.38. The summed E-state index contributed by atoms with van der Waals surface area (Å²) in [5.74, 6) is -1.97. The van der Waals surface area contributed by atoms with Crippen LogP contribution in [0.25, 0.3) is 5.57 Å². The third-order valence-electron chi connectivity index (χ3n) is 3.99. The summed E-state index contributed by atoms with van der Waals surface area (Å²) in [6.45, 7) is 4.21. The highest BCUT2D eigenvalue weighted by Crippen LogP contribution is 2.42. The zero-order valence-corrected chi connectivity index (χ0v) is 12.3. The zero-order chi connectivity index (χ0) is 14.6. The van der Waals surface area contributed by atoms with Crippen LogP contribution in [0.4, 0.5) is 0 Å². The summed E-state index contributed by atoms with van der Waals surface area (Å²) < 4.78 is 0. The van der Waals surface area contributed by atoms with Crippen LogP contribution in [0.3, 0.4) is 0 Å². The van der Waals surface area contributed by atoms with Gasteiger partial charge >= 0.3 is 0 Å². The minimum atomic E-state index is -1.77. The summed E-state index contributed by atoms with van der Waals surface area (Å²) in [6, 6.07) is 9.63. The van der Waals surface area contributed by atoms with E-state index < -0.39 is 5.79 Å². The standard InChI is InChI=1S/C18H24O2/c1-3-8-14-12-13-17(15-10-6-5-7-11-15)18(19,20)16(14)9-4-2/h5-7,10-13,16,19-20H,3-4,8-9H2,1-2H3. The highest BCUT2D eigenvalue weighted by molar-refractivity contribution is 5.74. The van der Waals surface area contributed by atoms with E-state index in [-0.39, 0.29) is 5.92 Å². The Labute approximate surface area is 121 Å². The molecule has 2 rings (SSSR count). The van der Waals surface area contributed by atoms with E-state index in [1.54, 1.807) is 0 Å². The third-order valence-corrected chi connectivity index (χ3v) is 3.99. The Kier molecular flexibility index (Phi) is 4.79. The first-order valence-corrected chi connectivity index (χ1v) is 7.52. The first-order chi connectivity index (χ1) is 9.61. The van der Waals surface area contributed by atoms with Gasteiger partial charge in [0.05, 0.1) is 0 Å². The predicted molar refractivity (Wildman–Crippen MR) is 83.0 cm³/mol. The summed E-state index contributed by atoms with van der Waals surface area (Å²) in [5, 5.41) is 21.4. The minimum Gasteiger partial charge on any atom is -0.361 e. The molecule has 1 aliphatic carbocycles. The lowest BCUT2D eigenvalue weighted by molar-refractivity contribution is -0.143. The fourth-order valence-electron chi connectivity index (χ4n) is 3.02. The molecule has 1 aromatic rings. The predicted octanol–water partition coefficient (Wildman–Crippen LogP) is 3.91. The van der Waals surface area contributed by atoms with Crippen molar-refractivity contribution in [1.29, 1.82) is 0 Å². The Hall–Kier alpha value is -1.38. The van der Waals surface area contributed by atoms with Crippen LogP contribution in [0.5, 0.6) is 0 Å². The van der Waals surface area contributed by atoms with Crippen LogP contribution < -0.4 is 0 Å². The fourth-order valence-corrected chi connectivity index (χ4v) is 3.02. The maximum absolute atomic E-state index is 10.7. The average Bonchev–Trinajstić information content (AvgIpc) is 2.44. The van der Waals surface area contributed by atoms with Crippen molar-refractivity contribution >= 4 is 5.57 Å². The van der Waals surface area contributed by atoms with E-state index in [1.807, 2.05) is 36.4 Å². The number of rotatable bonds is 5. The lowest BCUT2D eigenvalue weighted by Gasteiger charge is -2.38. The molecule has 1 aromatic carbocycles. The van der Waals surface area contributed by atoms with Crippen molar-refractivity contribution in [2.45, 2.75) is 45.3 Å². The van der Waals surface area contributed by atoms with Crippen LogP contribution in [0, 0.1) is 5.92 Å². The van der Waals surface area contributed by atoms with Crippen LogP contribution in [0.2, 0.25) is 0 Å². The molecule has 0 amide bonds. The van der Waals surface area contributed by atoms with Crippen molar-refractivity contribution in [2.24, 2.45) is 5.92 Å². The molecule has 1 atom stereocenters. The summed E-state index contributed by atoms with van der Waals surface area (Å²) in [5.41, 5.74) is 2.64. The van der Waals surface area contributed by atoms with Gasteiger partial charge in [-0.3, -0.25) is 0 Å². The molecule has 20 heavy (non-hydrogen) atoms. The maximum Gasteiger partial charge on any atom is 0.197 e. The van der Waals surface area contributed by atoms with Crippen molar-refractivity contribution in [2.75, 3.05) is 0 Å². The first kappa shape index (κ1) is 15.0. The molecular weight excluding hydrogens is 248 g/mol. The van der Waals surface area contributed by atoms with Gasteiger partial charge in [-0.05, 0) is 18.4 Å². The van der Waals surface area contributed by atoms with Crippen LogP contribution in [0.15, 0.2) is 48.1 Å². The second-order valence-electron chi connectivity index (χ2n) is 5.51. The normalized spacial score (nSPS) is 21.3. The molecule has 0 fully saturated rings. The molecule has 0 radical (unpaired) electrons. The molecule has 0 saturated carbocycles. The molecule has 2 nitrogen and oxygen atoms in total. The number of aliphatic hydroxyl groups is 2. The van der Waals surface area contributed by atoms with Crippen molar-refractivity contribution in [3.05, 3.63) is 53.6 Å². The van der Waals surface area contributed by atoms with Gasteiger partial charge in [-0.15, -0.1) is 0 Å². The highest BCUT2D eigenvalue weighted by Gasteiger charge is 2.41. The molecule has 0 aliphatic heterocycles. The van der Waals surface area contributed by atoms with Gasteiger partial charge in [0.25, 0.3) is 0 Å². The average molecular weight is 272 g/mol. The monoisotopic (exact) mass is 272 g/mol. The van der Waals surface area contributed by atoms with E-state index >= 15 is 0 Å². The molecule has 0 aromatic heterocycles. The van der Waals surface area contributed by atoms with Crippen LogP contribution in [-0.2, 0) is 0 Å². The van der Waals surface area contributed by atoms with E-state index in [0.717, 1.165) is 36.8 Å². The van der Waals surface area contributed by atoms with Crippen LogP contribution >= 0.6 is 0 Å². The number of hydrogen-bond acceptors (Lipinski definition) is 2. The number of benzene rings is 1. The largest absolute Gasteiger partial charge is 0.361 e. The first-order valence-electron chi connectivity index (χ1n) is 7.52. The van der Waals surface area contributed by atoms with Gasteiger partial charge in [-0.2, -0.15) is 0 Å². The van der Waals surface area contributed by atoms with E-state index in [0.29, 0.717) is 5.57 Å². The molecule has 0 bridgehead atoms. The maximum atomic E-state index is 10.7. The van der Waals surface area contributed by atoms with Gasteiger partial charge < -0.3 is 10.2 Å². The van der Waals surface area contributed by atoms with Gasteiger partial charge in [-0.1, -0.05) is 74.7 Å². The van der Waals surface area contributed by atoms with E-state index in [4.69, 9.17) is 0 Å². The Bertz CT molecular complexity index is 497. The number of hydrogen-bond donors (Lipinski definition) is 2. The van der Waals surface area contributed by atoms with Gasteiger partial charge in [0.1, 0.15) is 0 Å². The van der Waals surface area contributed by atoms with Gasteiger partial charge in [0.15, 0.2) is 5.79 Å². The molecule has 108 valence electrons. The molecule has 2 heteroatoms.